The van der Waals surface area contributed by atoms with E-state index in [0.717, 1.165) is 24.0 Å². The van der Waals surface area contributed by atoms with Crippen LogP contribution in [-0.2, 0) is 5.41 Å². The predicted molar refractivity (Wildman–Crippen MR) is 60.3 cm³/mol. The second kappa shape index (κ2) is 3.93. The lowest BCUT2D eigenvalue weighted by atomic mass is 9.78. The normalized spacial score (nSPS) is 19.4. The van der Waals surface area contributed by atoms with Crippen molar-refractivity contribution < 1.29 is 4.39 Å². The molecule has 0 unspecified atom stereocenters. The van der Waals surface area contributed by atoms with E-state index >= 15 is 0 Å². The monoisotopic (exact) mass is 207 g/mol. The molecule has 1 aromatic rings. The summed E-state index contributed by atoms with van der Waals surface area (Å²) in [6.45, 7) is 2.57. The zero-order valence-electron chi connectivity index (χ0n) is 9.22. The van der Waals surface area contributed by atoms with Gasteiger partial charge in [0.15, 0.2) is 0 Å². The predicted octanol–water partition coefficient (Wildman–Crippen LogP) is 2.90. The van der Waals surface area contributed by atoms with E-state index in [9.17, 15) is 4.39 Å². The van der Waals surface area contributed by atoms with E-state index in [1.165, 1.54) is 12.8 Å². The Hall–Kier alpha value is -0.890. The van der Waals surface area contributed by atoms with Crippen molar-refractivity contribution in [2.45, 2.75) is 38.0 Å². The minimum Gasteiger partial charge on any atom is -0.330 e. The van der Waals surface area contributed by atoms with Crippen molar-refractivity contribution in [2.75, 3.05) is 6.54 Å². The van der Waals surface area contributed by atoms with Crippen molar-refractivity contribution in [1.29, 1.82) is 0 Å². The standard InChI is InChI=1S/C13H18FN/c1-10-6-11(8-12(14)7-10)13(9-15)4-2-3-5-13/h6-8H,2-5,9,15H2,1H3. The molecule has 0 aromatic heterocycles. The molecule has 2 N–H and O–H groups in total. The molecule has 0 heterocycles. The molecule has 2 heteroatoms. The van der Waals surface area contributed by atoms with Crippen LogP contribution in [-0.4, -0.2) is 6.54 Å². The van der Waals surface area contributed by atoms with Gasteiger partial charge < -0.3 is 5.73 Å². The summed E-state index contributed by atoms with van der Waals surface area (Å²) < 4.78 is 13.3. The molecule has 0 radical (unpaired) electrons. The summed E-state index contributed by atoms with van der Waals surface area (Å²) in [6, 6.07) is 5.31. The number of benzene rings is 1. The SMILES string of the molecule is Cc1cc(F)cc(C2(CN)CCCC2)c1. The second-order valence-corrected chi connectivity index (χ2v) is 4.71. The van der Waals surface area contributed by atoms with Crippen LogP contribution in [0.3, 0.4) is 0 Å². The first-order chi connectivity index (χ1) is 7.16. The molecule has 0 aliphatic heterocycles. The summed E-state index contributed by atoms with van der Waals surface area (Å²) in [5.41, 5.74) is 8.01. The lowest BCUT2D eigenvalue weighted by Crippen LogP contribution is -2.32. The van der Waals surface area contributed by atoms with Gasteiger partial charge in [-0.15, -0.1) is 0 Å². The summed E-state index contributed by atoms with van der Waals surface area (Å²) in [6.07, 6.45) is 4.64. The van der Waals surface area contributed by atoms with Gasteiger partial charge >= 0.3 is 0 Å². The van der Waals surface area contributed by atoms with Crippen LogP contribution in [0.15, 0.2) is 18.2 Å². The molecule has 1 aromatic carbocycles. The molecule has 15 heavy (non-hydrogen) atoms. The Morgan fingerprint density at radius 2 is 1.93 bits per heavy atom. The molecule has 82 valence electrons. The zero-order chi connectivity index (χ0) is 10.9. The third-order valence-electron chi connectivity index (χ3n) is 3.61. The van der Waals surface area contributed by atoms with Crippen LogP contribution in [0.2, 0.25) is 0 Å². The maximum absolute atomic E-state index is 13.3. The van der Waals surface area contributed by atoms with Crippen LogP contribution >= 0.6 is 0 Å². The van der Waals surface area contributed by atoms with Crippen LogP contribution in [0.25, 0.3) is 0 Å². The first kappa shape index (κ1) is 10.6. The zero-order valence-corrected chi connectivity index (χ0v) is 9.22. The molecule has 1 aliphatic rings. The molecule has 0 saturated heterocycles. The molecule has 1 fully saturated rings. The number of hydrogen-bond acceptors (Lipinski definition) is 1. The van der Waals surface area contributed by atoms with Crippen molar-refractivity contribution in [3.8, 4) is 0 Å². The van der Waals surface area contributed by atoms with Crippen LogP contribution in [0.1, 0.15) is 36.8 Å². The molecule has 0 spiro atoms. The van der Waals surface area contributed by atoms with Crippen LogP contribution < -0.4 is 5.73 Å². The number of hydrogen-bond donors (Lipinski definition) is 1. The van der Waals surface area contributed by atoms with Crippen molar-refractivity contribution in [3.63, 3.8) is 0 Å². The fourth-order valence-electron chi connectivity index (χ4n) is 2.70. The van der Waals surface area contributed by atoms with Gasteiger partial charge in [0.1, 0.15) is 5.82 Å². The van der Waals surface area contributed by atoms with Crippen LogP contribution in [0.5, 0.6) is 0 Å². The fourth-order valence-corrected chi connectivity index (χ4v) is 2.70. The smallest absolute Gasteiger partial charge is 0.123 e. The van der Waals surface area contributed by atoms with Gasteiger partial charge in [0.25, 0.3) is 0 Å². The maximum Gasteiger partial charge on any atom is 0.123 e. The molecule has 0 atom stereocenters. The molecular formula is C13H18FN. The Bertz CT molecular complexity index is 333. The molecule has 0 amide bonds. The number of halogens is 1. The van der Waals surface area contributed by atoms with Crippen molar-refractivity contribution >= 4 is 0 Å². The van der Waals surface area contributed by atoms with Crippen LogP contribution in [0.4, 0.5) is 4.39 Å². The molecule has 1 nitrogen and oxygen atoms in total. The summed E-state index contributed by atoms with van der Waals surface area (Å²) in [5, 5.41) is 0. The number of rotatable bonds is 2. The first-order valence-electron chi connectivity index (χ1n) is 5.64. The van der Waals surface area contributed by atoms with Gasteiger partial charge in [-0.3, -0.25) is 0 Å². The van der Waals surface area contributed by atoms with E-state index in [1.807, 2.05) is 6.92 Å². The van der Waals surface area contributed by atoms with E-state index in [2.05, 4.69) is 6.07 Å². The fraction of sp³-hybridized carbons (Fsp3) is 0.538. The Morgan fingerprint density at radius 1 is 1.27 bits per heavy atom. The molecular weight excluding hydrogens is 189 g/mol. The van der Waals surface area contributed by atoms with Crippen LogP contribution in [0, 0.1) is 12.7 Å². The largest absolute Gasteiger partial charge is 0.330 e. The highest BCUT2D eigenvalue weighted by Gasteiger charge is 2.34. The summed E-state index contributed by atoms with van der Waals surface area (Å²) in [5.74, 6) is -0.135. The van der Waals surface area contributed by atoms with E-state index in [-0.39, 0.29) is 11.2 Å². The Balaban J connectivity index is 2.42. The topological polar surface area (TPSA) is 26.0 Å². The first-order valence-corrected chi connectivity index (χ1v) is 5.64. The highest BCUT2D eigenvalue weighted by Crippen LogP contribution is 2.40. The molecule has 1 aliphatic carbocycles. The third-order valence-corrected chi connectivity index (χ3v) is 3.61. The van der Waals surface area contributed by atoms with Crippen molar-refractivity contribution in [2.24, 2.45) is 5.73 Å². The highest BCUT2D eigenvalue weighted by molar-refractivity contribution is 5.31. The second-order valence-electron chi connectivity index (χ2n) is 4.71. The van der Waals surface area contributed by atoms with E-state index in [1.54, 1.807) is 12.1 Å². The van der Waals surface area contributed by atoms with E-state index in [4.69, 9.17) is 5.73 Å². The van der Waals surface area contributed by atoms with Gasteiger partial charge in [-0.05, 0) is 43.0 Å². The van der Waals surface area contributed by atoms with Gasteiger partial charge in [0.2, 0.25) is 0 Å². The highest BCUT2D eigenvalue weighted by atomic mass is 19.1. The van der Waals surface area contributed by atoms with E-state index in [0.29, 0.717) is 6.54 Å². The molecule has 1 saturated carbocycles. The summed E-state index contributed by atoms with van der Waals surface area (Å²) in [4.78, 5) is 0. The van der Waals surface area contributed by atoms with Gasteiger partial charge in [-0.1, -0.05) is 18.9 Å². The third kappa shape index (κ3) is 1.91. The average Bonchev–Trinajstić information content (AvgIpc) is 2.65. The van der Waals surface area contributed by atoms with Gasteiger partial charge in [0.05, 0.1) is 0 Å². The van der Waals surface area contributed by atoms with E-state index < -0.39 is 0 Å². The van der Waals surface area contributed by atoms with Gasteiger partial charge in [-0.2, -0.15) is 0 Å². The number of aryl methyl sites for hydroxylation is 1. The summed E-state index contributed by atoms with van der Waals surface area (Å²) >= 11 is 0. The van der Waals surface area contributed by atoms with Gasteiger partial charge in [0, 0.05) is 12.0 Å². The van der Waals surface area contributed by atoms with Crippen molar-refractivity contribution in [3.05, 3.63) is 35.1 Å². The lowest BCUT2D eigenvalue weighted by molar-refractivity contribution is 0.449. The van der Waals surface area contributed by atoms with Crippen molar-refractivity contribution in [1.82, 2.24) is 0 Å². The number of nitrogens with two attached hydrogens (primary N) is 1. The molecule has 2 rings (SSSR count). The molecule has 0 bridgehead atoms. The average molecular weight is 207 g/mol. The Labute approximate surface area is 90.5 Å². The Kier molecular flexibility index (Phi) is 2.79. The summed E-state index contributed by atoms with van der Waals surface area (Å²) in [7, 11) is 0. The maximum atomic E-state index is 13.3. The minimum absolute atomic E-state index is 0.0485. The quantitative estimate of drug-likeness (QED) is 0.792. The van der Waals surface area contributed by atoms with Gasteiger partial charge in [-0.25, -0.2) is 4.39 Å². The lowest BCUT2D eigenvalue weighted by Gasteiger charge is -2.28. The Morgan fingerprint density at radius 3 is 2.47 bits per heavy atom. The minimum atomic E-state index is -0.135.